The Hall–Kier alpha value is -9.37. The van der Waals surface area contributed by atoms with Crippen molar-refractivity contribution in [2.45, 2.75) is 78.9 Å². The van der Waals surface area contributed by atoms with Gasteiger partial charge in [-0.25, -0.2) is 15.0 Å². The Morgan fingerprint density at radius 2 is 0.879 bits per heavy atom. The molecule has 12 rings (SSSR count). The van der Waals surface area contributed by atoms with Gasteiger partial charge in [0.2, 0.25) is 11.8 Å². The molecule has 0 saturated carbocycles. The van der Waals surface area contributed by atoms with Gasteiger partial charge in [-0.2, -0.15) is 10.2 Å². The number of carboxylic acid groups (broad SMARTS) is 1. The summed E-state index contributed by atoms with van der Waals surface area (Å²) < 4.78 is 13.8. The lowest BCUT2D eigenvalue weighted by Crippen LogP contribution is -2.41. The number of carbonyl (C=O) groups is 3. The van der Waals surface area contributed by atoms with Crippen molar-refractivity contribution in [2.24, 2.45) is 0 Å². The molecule has 9 heterocycles. The van der Waals surface area contributed by atoms with Gasteiger partial charge >= 0.3 is 13.1 Å². The Balaban J connectivity index is 0.000000154. The van der Waals surface area contributed by atoms with Gasteiger partial charge in [-0.3, -0.25) is 39.5 Å². The van der Waals surface area contributed by atoms with Crippen molar-refractivity contribution in [3.8, 4) is 44.5 Å². The van der Waals surface area contributed by atoms with Crippen molar-refractivity contribution in [1.82, 2.24) is 50.3 Å². The number of aromatic amines is 2. The van der Waals surface area contributed by atoms with E-state index < -0.39 is 5.97 Å². The quantitative estimate of drug-likeness (QED) is 0.0462. The van der Waals surface area contributed by atoms with Gasteiger partial charge in [0.1, 0.15) is 17.5 Å². The van der Waals surface area contributed by atoms with Crippen LogP contribution in [0.2, 0.25) is 0 Å². The van der Waals surface area contributed by atoms with Crippen molar-refractivity contribution < 1.29 is 28.8 Å². The van der Waals surface area contributed by atoms with Crippen LogP contribution in [0.15, 0.2) is 208 Å². The first-order valence-electron chi connectivity index (χ1n) is 28.8. The molecule has 0 bridgehead atoms. The summed E-state index contributed by atoms with van der Waals surface area (Å²) in [5, 5.41) is 27.6. The van der Waals surface area contributed by atoms with E-state index in [1.165, 1.54) is 0 Å². The largest absolute Gasteiger partial charge is 0.498 e. The standard InChI is InChI=1S/C22H19N5O.C19H16IN3O.C14H13NO2.C9H15BN2O2.C5H5IN2/c1-15-10-18(8-9-23-15)17-4-2-16(3-5-17)11-22(28)27-21-7-6-19(12-24-21)20-13-25-26-14-20;1-13-10-16(8-9-21-13)15-4-2-14(3-5-15)11-19(24)23-18-7-6-17(20)12-22-18;1-10-8-13(6-7-15-10)12-4-2-11(3-5-12)9-14(16)17;1-8(2)9(3,4)14-10(13-8)7-5-11-12-6-7;6-4-1-2-5(7)8-3-4/h2-10,12-14H,11H2,1H3,(H,25,26)(H,24,27,28);2-10,12H,11H2,1H3,(H,22,23,24);2-8H,9H2,1H3,(H,16,17);5-6H,1-4H3,(H,11,12);1-3H,(H2,7,8). The fraction of sp³-hybridized carbons (Fsp3) is 0.174. The van der Waals surface area contributed by atoms with E-state index in [0.29, 0.717) is 30.3 Å². The zero-order chi connectivity index (χ0) is 64.9. The molecular weight excluding hydrogens is 1370 g/mol. The minimum Gasteiger partial charge on any atom is -0.481 e. The number of hydrogen-bond donors (Lipinski definition) is 6. The molecule has 8 aromatic heterocycles. The van der Waals surface area contributed by atoms with Gasteiger partial charge in [0.05, 0.1) is 36.7 Å². The molecule has 0 atom stereocenters. The van der Waals surface area contributed by atoms with Gasteiger partial charge in [0, 0.05) is 96.6 Å². The van der Waals surface area contributed by atoms with Gasteiger partial charge in [-0.1, -0.05) is 72.8 Å². The number of hydrogen-bond acceptors (Lipinski definition) is 14. The van der Waals surface area contributed by atoms with Crippen LogP contribution in [0.4, 0.5) is 17.5 Å². The summed E-state index contributed by atoms with van der Waals surface area (Å²) in [7, 11) is -0.307. The number of H-pyrrole nitrogens is 2. The van der Waals surface area contributed by atoms with E-state index >= 15 is 0 Å². The van der Waals surface area contributed by atoms with E-state index in [1.807, 2.05) is 176 Å². The van der Waals surface area contributed by atoms with Crippen molar-refractivity contribution in [2.75, 3.05) is 16.4 Å². The summed E-state index contributed by atoms with van der Waals surface area (Å²) in [6, 6.07) is 46.7. The van der Waals surface area contributed by atoms with Crippen molar-refractivity contribution in [3.63, 3.8) is 0 Å². The Labute approximate surface area is 556 Å². The molecule has 91 heavy (non-hydrogen) atoms. The number of aromatic nitrogens is 10. The fourth-order valence-electron chi connectivity index (χ4n) is 8.79. The minimum atomic E-state index is -0.808. The molecule has 462 valence electrons. The van der Waals surface area contributed by atoms with Gasteiger partial charge in [-0.15, -0.1) is 0 Å². The van der Waals surface area contributed by atoms with Gasteiger partial charge in [0.25, 0.3) is 0 Å². The van der Waals surface area contributed by atoms with Crippen LogP contribution in [-0.4, -0.2) is 91.5 Å². The molecule has 2 amide bonds. The molecule has 0 radical (unpaired) electrons. The molecule has 22 heteroatoms. The summed E-state index contributed by atoms with van der Waals surface area (Å²) in [6.07, 6.45) is 18.3. The van der Waals surface area contributed by atoms with Crippen LogP contribution in [0.3, 0.4) is 0 Å². The van der Waals surface area contributed by atoms with Gasteiger partial charge in [0.15, 0.2) is 0 Å². The SMILES string of the molecule is CC1(C)OB(c2cn[nH]c2)OC1(C)C.Cc1cc(-c2ccc(CC(=O)Nc3ccc(-c4cn[nH]c4)cn3)cc2)ccn1.Cc1cc(-c2ccc(CC(=O)Nc3ccc(I)cn3)cc2)ccn1.Cc1cc(-c2ccc(CC(=O)O)cc2)ccn1.Nc1ccc(I)cn1. The van der Waals surface area contributed by atoms with E-state index in [0.717, 1.165) is 90.9 Å². The summed E-state index contributed by atoms with van der Waals surface area (Å²) in [5.41, 5.74) is 19.9. The highest BCUT2D eigenvalue weighted by atomic mass is 127. The molecule has 1 saturated heterocycles. The second-order valence-corrected chi connectivity index (χ2v) is 24.5. The summed E-state index contributed by atoms with van der Waals surface area (Å²) >= 11 is 4.36. The first-order chi connectivity index (χ1) is 43.6. The zero-order valence-electron chi connectivity index (χ0n) is 51.2. The number of nitrogens with two attached hydrogens (primary N) is 1. The lowest BCUT2D eigenvalue weighted by atomic mass is 9.82. The van der Waals surface area contributed by atoms with Crippen molar-refractivity contribution in [1.29, 1.82) is 0 Å². The molecule has 0 spiro atoms. The summed E-state index contributed by atoms with van der Waals surface area (Å²) in [6.45, 7) is 14.0. The zero-order valence-corrected chi connectivity index (χ0v) is 55.5. The topological polar surface area (TPSA) is 275 Å². The molecule has 11 aromatic rings. The van der Waals surface area contributed by atoms with Gasteiger partial charge in [-0.05, 0) is 217 Å². The Morgan fingerprint density at radius 1 is 0.473 bits per heavy atom. The number of carboxylic acids is 1. The second-order valence-electron chi connectivity index (χ2n) is 22.0. The minimum absolute atomic E-state index is 0.0651. The first kappa shape index (κ1) is 67.6. The van der Waals surface area contributed by atoms with E-state index in [1.54, 1.807) is 80.2 Å². The Morgan fingerprint density at radius 3 is 1.23 bits per heavy atom. The summed E-state index contributed by atoms with van der Waals surface area (Å²) in [5.74, 6) is 0.695. The van der Waals surface area contributed by atoms with Crippen molar-refractivity contribution >= 4 is 93.0 Å². The number of benzene rings is 3. The number of rotatable bonds is 13. The number of halogens is 2. The van der Waals surface area contributed by atoms with Crippen LogP contribution in [0, 0.1) is 27.9 Å². The van der Waals surface area contributed by atoms with Crippen LogP contribution in [0.25, 0.3) is 44.5 Å². The van der Waals surface area contributed by atoms with Gasteiger partial charge < -0.3 is 30.8 Å². The van der Waals surface area contributed by atoms with E-state index in [4.69, 9.17) is 20.1 Å². The van der Waals surface area contributed by atoms with Crippen LogP contribution >= 0.6 is 45.2 Å². The van der Waals surface area contributed by atoms with Crippen LogP contribution in [0.1, 0.15) is 61.5 Å². The number of nitrogen functional groups attached to an aromatic ring is 1. The maximum absolute atomic E-state index is 12.3. The highest BCUT2D eigenvalue weighted by molar-refractivity contribution is 14.1. The third-order valence-corrected chi connectivity index (χ3v) is 15.6. The lowest BCUT2D eigenvalue weighted by Gasteiger charge is -2.32. The number of anilines is 3. The molecule has 1 aliphatic heterocycles. The van der Waals surface area contributed by atoms with Crippen LogP contribution in [0.5, 0.6) is 0 Å². The molecule has 3 aromatic carbocycles. The van der Waals surface area contributed by atoms with E-state index in [-0.39, 0.29) is 36.6 Å². The number of pyridine rings is 6. The van der Waals surface area contributed by atoms with Crippen LogP contribution < -0.4 is 21.8 Å². The average Bonchev–Trinajstić information content (AvgIpc) is 1.76. The normalized spacial score (nSPS) is 12.4. The maximum Gasteiger partial charge on any atom is 0.498 e. The number of nitrogens with one attached hydrogen (secondary N) is 4. The third-order valence-electron chi connectivity index (χ3n) is 14.3. The predicted octanol–water partition coefficient (Wildman–Crippen LogP) is 12.9. The molecule has 1 aliphatic rings. The number of amides is 2. The predicted molar refractivity (Wildman–Crippen MR) is 374 cm³/mol. The monoisotopic (exact) mass is 1440 g/mol. The molecule has 19 nitrogen and oxygen atoms in total. The maximum atomic E-state index is 12.3. The Kier molecular flexibility index (Phi) is 24.1. The first-order valence-corrected chi connectivity index (χ1v) is 30.9. The van der Waals surface area contributed by atoms with Crippen molar-refractivity contribution in [3.05, 3.63) is 248 Å². The smallest absolute Gasteiger partial charge is 0.481 e. The molecule has 0 aliphatic carbocycles. The number of nitrogens with zero attached hydrogens (tertiary/aromatic N) is 8. The van der Waals surface area contributed by atoms with E-state index in [9.17, 15) is 14.4 Å². The summed E-state index contributed by atoms with van der Waals surface area (Å²) in [4.78, 5) is 59.9. The highest BCUT2D eigenvalue weighted by Crippen LogP contribution is 2.36. The highest BCUT2D eigenvalue weighted by Gasteiger charge is 2.52. The Bertz CT molecular complexity index is 4070. The molecule has 1 fully saturated rings. The fourth-order valence-corrected chi connectivity index (χ4v) is 9.43. The molecule has 7 N–H and O–H groups in total. The second kappa shape index (κ2) is 32.4. The lowest BCUT2D eigenvalue weighted by molar-refractivity contribution is -0.136. The van der Waals surface area contributed by atoms with Crippen LogP contribution in [-0.2, 0) is 43.0 Å². The average molecular weight is 1440 g/mol. The third kappa shape index (κ3) is 21.1. The molecular formula is C69H68BI2N13O6. The number of aryl methyl sites for hydroxylation is 3. The van der Waals surface area contributed by atoms with E-state index in [2.05, 4.69) is 106 Å². The molecule has 0 unspecified atom stereocenters. The number of carbonyl (C=O) groups excluding carboxylic acids is 2. The number of aliphatic carboxylic acids is 1.